The number of hydrogen-bond acceptors (Lipinski definition) is 3. The van der Waals surface area contributed by atoms with Crippen LogP contribution < -0.4 is 4.74 Å². The Hall–Kier alpha value is -3.14. The fourth-order valence-electron chi connectivity index (χ4n) is 2.86. The molecule has 0 aliphatic heterocycles. The summed E-state index contributed by atoms with van der Waals surface area (Å²) in [7, 11) is 0. The summed E-state index contributed by atoms with van der Waals surface area (Å²) in [6, 6.07) is 23.0. The average Bonchev–Trinajstić information content (AvgIpc) is 2.73. The van der Waals surface area contributed by atoms with Crippen LogP contribution >= 0.6 is 0 Å². The second-order valence-electron chi connectivity index (χ2n) is 8.00. The topological polar surface area (TPSA) is 52.4 Å². The van der Waals surface area contributed by atoms with Crippen molar-refractivity contribution >= 4 is 5.69 Å². The van der Waals surface area contributed by atoms with E-state index in [0.29, 0.717) is 18.4 Å². The Kier molecular flexibility index (Phi) is 10.5. The molecule has 0 saturated carbocycles. The lowest BCUT2D eigenvalue weighted by atomic mass is 10.0. The molecule has 0 radical (unpaired) electrons. The summed E-state index contributed by atoms with van der Waals surface area (Å²) >= 11 is 0. The highest BCUT2D eigenvalue weighted by Gasteiger charge is 2.04. The van der Waals surface area contributed by atoms with Gasteiger partial charge in [-0.15, -0.1) is 0 Å². The highest BCUT2D eigenvalue weighted by atomic mass is 16.6. The highest BCUT2D eigenvalue weighted by Crippen LogP contribution is 2.20. The summed E-state index contributed by atoms with van der Waals surface area (Å²) in [4.78, 5) is 10.1. The predicted molar refractivity (Wildman–Crippen MR) is 130 cm³/mol. The number of hydrogen-bond donors (Lipinski definition) is 0. The van der Waals surface area contributed by atoms with Gasteiger partial charge < -0.3 is 4.74 Å². The normalized spacial score (nSPS) is 10.2. The number of nitrogens with zero attached hydrogens (tertiary/aromatic N) is 1. The highest BCUT2D eigenvalue weighted by molar-refractivity contribution is 5.33. The number of nitro groups is 1. The first-order valence-electron chi connectivity index (χ1n) is 10.3. The van der Waals surface area contributed by atoms with E-state index in [-0.39, 0.29) is 13.1 Å². The fraction of sp³-hybridized carbons (Fsp3) is 0.333. The molecule has 0 aliphatic carbocycles. The minimum absolute atomic E-state index is 0. The second-order valence-corrected chi connectivity index (χ2v) is 8.00. The Morgan fingerprint density at radius 2 is 1.42 bits per heavy atom. The van der Waals surface area contributed by atoms with Gasteiger partial charge in [-0.3, -0.25) is 10.1 Å². The van der Waals surface area contributed by atoms with Gasteiger partial charge >= 0.3 is 0 Å². The molecule has 3 rings (SSSR count). The fourth-order valence-corrected chi connectivity index (χ4v) is 2.86. The summed E-state index contributed by atoms with van der Waals surface area (Å²) in [6.45, 7) is 11.3. The second kappa shape index (κ2) is 12.5. The van der Waals surface area contributed by atoms with Crippen molar-refractivity contribution in [1.82, 2.24) is 0 Å². The van der Waals surface area contributed by atoms with E-state index >= 15 is 0 Å². The van der Waals surface area contributed by atoms with Crippen molar-refractivity contribution in [1.29, 1.82) is 0 Å². The maximum absolute atomic E-state index is 10.6. The molecule has 0 atom stereocenters. The Labute approximate surface area is 187 Å². The van der Waals surface area contributed by atoms with Gasteiger partial charge in [0.05, 0.1) is 4.92 Å². The molecular formula is C27H35NO3. The quantitative estimate of drug-likeness (QED) is 0.299. The Bertz CT molecular complexity index is 929. The first-order chi connectivity index (χ1) is 14.3. The van der Waals surface area contributed by atoms with Gasteiger partial charge in [-0.25, -0.2) is 0 Å². The van der Waals surface area contributed by atoms with Crippen LogP contribution in [0.5, 0.6) is 5.75 Å². The third-order valence-corrected chi connectivity index (χ3v) is 4.81. The molecular weight excluding hydrogens is 386 g/mol. The molecule has 3 aromatic carbocycles. The van der Waals surface area contributed by atoms with E-state index in [9.17, 15) is 10.1 Å². The van der Waals surface area contributed by atoms with Crippen molar-refractivity contribution in [2.45, 2.75) is 60.5 Å². The van der Waals surface area contributed by atoms with E-state index in [4.69, 9.17) is 4.74 Å². The molecule has 4 heteroatoms. The summed E-state index contributed by atoms with van der Waals surface area (Å²) in [5, 5.41) is 10.6. The zero-order valence-corrected chi connectivity index (χ0v) is 18.5. The molecule has 166 valence electrons. The van der Waals surface area contributed by atoms with Crippen molar-refractivity contribution in [3.05, 3.63) is 105 Å². The molecule has 4 nitrogen and oxygen atoms in total. The minimum Gasteiger partial charge on any atom is -0.489 e. The van der Waals surface area contributed by atoms with Crippen LogP contribution in [0.2, 0.25) is 0 Å². The van der Waals surface area contributed by atoms with Crippen molar-refractivity contribution in [3.8, 4) is 5.75 Å². The van der Waals surface area contributed by atoms with Crippen LogP contribution in [-0.4, -0.2) is 4.92 Å². The van der Waals surface area contributed by atoms with E-state index in [2.05, 4.69) is 71.0 Å². The standard InChI is InChI=1S/C16H17NO3.C10H14.CH4/c1-12(2)14-5-9-16(10-6-14)20-11-13-3-7-15(8-4-13)17(18)19;1-8(2)10-6-4-5-9(3)7-10;/h3-10,12H,11H2,1-2H3;4-8H,1-3H3;1H4. The third-order valence-electron chi connectivity index (χ3n) is 4.81. The number of rotatable bonds is 6. The molecule has 0 heterocycles. The van der Waals surface area contributed by atoms with E-state index in [1.54, 1.807) is 12.1 Å². The Morgan fingerprint density at radius 3 is 1.87 bits per heavy atom. The van der Waals surface area contributed by atoms with Crippen LogP contribution in [0.25, 0.3) is 0 Å². The van der Waals surface area contributed by atoms with Crippen molar-refractivity contribution in [3.63, 3.8) is 0 Å². The van der Waals surface area contributed by atoms with Gasteiger partial charge in [-0.05, 0) is 59.7 Å². The van der Waals surface area contributed by atoms with Crippen LogP contribution in [0, 0.1) is 17.0 Å². The third kappa shape index (κ3) is 8.63. The molecule has 3 aromatic rings. The first kappa shape index (κ1) is 25.9. The molecule has 0 unspecified atom stereocenters. The van der Waals surface area contributed by atoms with Gasteiger partial charge in [-0.1, -0.05) is 77.1 Å². The monoisotopic (exact) mass is 421 g/mol. The smallest absolute Gasteiger partial charge is 0.269 e. The lowest BCUT2D eigenvalue weighted by Gasteiger charge is -2.09. The van der Waals surface area contributed by atoms with E-state index in [1.165, 1.54) is 28.8 Å². The molecule has 0 aromatic heterocycles. The van der Waals surface area contributed by atoms with E-state index < -0.39 is 4.92 Å². The largest absolute Gasteiger partial charge is 0.489 e. The van der Waals surface area contributed by atoms with Gasteiger partial charge in [-0.2, -0.15) is 0 Å². The molecule has 0 spiro atoms. The zero-order chi connectivity index (χ0) is 22.1. The van der Waals surface area contributed by atoms with Crippen LogP contribution in [0.4, 0.5) is 5.69 Å². The number of non-ortho nitro benzene ring substituents is 1. The van der Waals surface area contributed by atoms with Crippen LogP contribution in [0.3, 0.4) is 0 Å². The SMILES string of the molecule is C.CC(C)c1ccc(OCc2ccc([N+](=O)[O-])cc2)cc1.Cc1cccc(C(C)C)c1. The van der Waals surface area contributed by atoms with E-state index in [1.807, 2.05) is 12.1 Å². The summed E-state index contributed by atoms with van der Waals surface area (Å²) in [5.41, 5.74) is 5.05. The number of ether oxygens (including phenoxy) is 1. The average molecular weight is 422 g/mol. The zero-order valence-electron chi connectivity index (χ0n) is 18.5. The molecule has 0 fully saturated rings. The summed E-state index contributed by atoms with van der Waals surface area (Å²) in [6.07, 6.45) is 0. The summed E-state index contributed by atoms with van der Waals surface area (Å²) in [5.74, 6) is 1.95. The molecule has 0 bridgehead atoms. The number of nitro benzene ring substituents is 1. The lowest BCUT2D eigenvalue weighted by molar-refractivity contribution is -0.384. The van der Waals surface area contributed by atoms with Crippen molar-refractivity contribution in [2.75, 3.05) is 0 Å². The van der Waals surface area contributed by atoms with Gasteiger partial charge in [0.2, 0.25) is 0 Å². The maximum Gasteiger partial charge on any atom is 0.269 e. The van der Waals surface area contributed by atoms with Gasteiger partial charge in [0, 0.05) is 12.1 Å². The Balaban J connectivity index is 0.000000370. The maximum atomic E-state index is 10.6. The molecule has 0 amide bonds. The van der Waals surface area contributed by atoms with Crippen molar-refractivity contribution in [2.24, 2.45) is 0 Å². The molecule has 0 N–H and O–H groups in total. The number of aryl methyl sites for hydroxylation is 1. The minimum atomic E-state index is -0.407. The van der Waals surface area contributed by atoms with Gasteiger partial charge in [0.1, 0.15) is 12.4 Å². The number of benzene rings is 3. The lowest BCUT2D eigenvalue weighted by Crippen LogP contribution is -1.96. The first-order valence-corrected chi connectivity index (χ1v) is 10.3. The molecule has 0 saturated heterocycles. The van der Waals surface area contributed by atoms with Gasteiger partial charge in [0.15, 0.2) is 0 Å². The van der Waals surface area contributed by atoms with Gasteiger partial charge in [0.25, 0.3) is 5.69 Å². The molecule has 31 heavy (non-hydrogen) atoms. The van der Waals surface area contributed by atoms with E-state index in [0.717, 1.165) is 11.3 Å². The van der Waals surface area contributed by atoms with Crippen LogP contribution in [0.1, 0.15) is 69.2 Å². The molecule has 0 aliphatic rings. The summed E-state index contributed by atoms with van der Waals surface area (Å²) < 4.78 is 5.66. The van der Waals surface area contributed by atoms with Crippen LogP contribution in [0.15, 0.2) is 72.8 Å². The predicted octanol–water partition coefficient (Wildman–Crippen LogP) is 8.05. The van der Waals surface area contributed by atoms with Crippen molar-refractivity contribution < 1.29 is 9.66 Å². The Morgan fingerprint density at radius 1 is 0.839 bits per heavy atom. The van der Waals surface area contributed by atoms with Crippen LogP contribution in [-0.2, 0) is 6.61 Å².